The number of aliphatic hydroxyl groups excluding tert-OH is 1. The number of rotatable bonds is 5. The predicted molar refractivity (Wildman–Crippen MR) is 148 cm³/mol. The van der Waals surface area contributed by atoms with Gasteiger partial charge in [0.05, 0.1) is 19.2 Å². The number of aromatic nitrogens is 1. The first-order valence-electron chi connectivity index (χ1n) is 12.3. The minimum absolute atomic E-state index is 0.189. The standard InChI is InChI=1S/C28H28N6O2S/c1-3-27-30-26(19-37-27)31-28(36)34-14-13-33(17-23(34)18-35)25-10-9-21(16-24(25)29-2)20-7-6-8-22(15-20)32-11-4-5-12-32/h1,6-10,15-16,19,23,35H,4-5,11-14,17-18H2,(H,31,36)/t23-/m1/s1. The Morgan fingerprint density at radius 3 is 2.70 bits per heavy atom. The highest BCUT2D eigenvalue weighted by atomic mass is 32.1. The van der Waals surface area contributed by atoms with Crippen LogP contribution in [-0.4, -0.2) is 66.4 Å². The molecular weight excluding hydrogens is 484 g/mol. The molecule has 0 radical (unpaired) electrons. The number of hydrogen-bond acceptors (Lipinski definition) is 6. The fraction of sp³-hybridized carbons (Fsp3) is 0.321. The van der Waals surface area contributed by atoms with E-state index in [1.807, 2.05) is 18.2 Å². The molecule has 2 amide bonds. The van der Waals surface area contributed by atoms with Crippen LogP contribution in [0, 0.1) is 18.9 Å². The van der Waals surface area contributed by atoms with E-state index in [2.05, 4.69) is 55.1 Å². The van der Waals surface area contributed by atoms with Crippen LogP contribution in [-0.2, 0) is 0 Å². The number of nitrogens with zero attached hydrogens (tertiary/aromatic N) is 5. The van der Waals surface area contributed by atoms with Gasteiger partial charge in [-0.2, -0.15) is 0 Å². The minimum Gasteiger partial charge on any atom is -0.394 e. The first kappa shape index (κ1) is 24.6. The molecule has 2 aliphatic rings. The summed E-state index contributed by atoms with van der Waals surface area (Å²) in [6.45, 7) is 11.2. The molecular formula is C28H28N6O2S. The summed E-state index contributed by atoms with van der Waals surface area (Å²) >= 11 is 1.28. The zero-order valence-electron chi connectivity index (χ0n) is 20.4. The Hall–Kier alpha value is -4.05. The molecule has 2 aromatic carbocycles. The van der Waals surface area contributed by atoms with Crippen LogP contribution >= 0.6 is 11.3 Å². The molecule has 0 saturated carbocycles. The van der Waals surface area contributed by atoms with Gasteiger partial charge in [0, 0.05) is 49.5 Å². The molecule has 5 rings (SSSR count). The molecule has 8 nitrogen and oxygen atoms in total. The maximum Gasteiger partial charge on any atom is 0.323 e. The summed E-state index contributed by atoms with van der Waals surface area (Å²) in [5.74, 6) is 2.86. The number of piperazine rings is 1. The van der Waals surface area contributed by atoms with Crippen LogP contribution in [0.1, 0.15) is 17.8 Å². The Morgan fingerprint density at radius 2 is 1.97 bits per heavy atom. The molecule has 0 aliphatic carbocycles. The number of thiazole rings is 1. The van der Waals surface area contributed by atoms with Crippen molar-refractivity contribution in [1.82, 2.24) is 9.88 Å². The van der Waals surface area contributed by atoms with Crippen molar-refractivity contribution in [1.29, 1.82) is 0 Å². The summed E-state index contributed by atoms with van der Waals surface area (Å²) in [6.07, 6.45) is 7.81. The predicted octanol–water partition coefficient (Wildman–Crippen LogP) is 4.66. The summed E-state index contributed by atoms with van der Waals surface area (Å²) in [7, 11) is 0. The maximum absolute atomic E-state index is 12.9. The maximum atomic E-state index is 12.9. The van der Waals surface area contributed by atoms with E-state index < -0.39 is 6.04 Å². The molecule has 2 saturated heterocycles. The van der Waals surface area contributed by atoms with Crippen LogP contribution in [0.5, 0.6) is 0 Å². The second-order valence-electron chi connectivity index (χ2n) is 9.15. The number of anilines is 3. The first-order valence-corrected chi connectivity index (χ1v) is 13.2. The van der Waals surface area contributed by atoms with Crippen molar-refractivity contribution in [2.75, 3.05) is 54.4 Å². The number of hydrogen-bond donors (Lipinski definition) is 2. The monoisotopic (exact) mass is 512 g/mol. The lowest BCUT2D eigenvalue weighted by atomic mass is 10.0. The van der Waals surface area contributed by atoms with Crippen LogP contribution < -0.4 is 15.1 Å². The highest BCUT2D eigenvalue weighted by Gasteiger charge is 2.31. The summed E-state index contributed by atoms with van der Waals surface area (Å²) in [5.41, 5.74) is 4.68. The average molecular weight is 513 g/mol. The first-order chi connectivity index (χ1) is 18.1. The number of terminal acetylenes is 1. The third-order valence-electron chi connectivity index (χ3n) is 6.90. The van der Waals surface area contributed by atoms with Gasteiger partial charge in [0.25, 0.3) is 0 Å². The molecule has 9 heteroatoms. The third kappa shape index (κ3) is 5.24. The van der Waals surface area contributed by atoms with Crippen molar-refractivity contribution in [3.8, 4) is 23.5 Å². The zero-order chi connectivity index (χ0) is 25.8. The molecule has 2 aliphatic heterocycles. The molecule has 2 N–H and O–H groups in total. The third-order valence-corrected chi connectivity index (χ3v) is 7.68. The summed E-state index contributed by atoms with van der Waals surface area (Å²) in [5, 5.41) is 15.0. The number of benzene rings is 2. The Bertz CT molecular complexity index is 1370. The van der Waals surface area contributed by atoms with Gasteiger partial charge in [0.1, 0.15) is 5.82 Å². The molecule has 1 atom stereocenters. The van der Waals surface area contributed by atoms with Gasteiger partial charge >= 0.3 is 6.03 Å². The molecule has 1 aromatic heterocycles. The topological polar surface area (TPSA) is 76.3 Å². The molecule has 3 aromatic rings. The van der Waals surface area contributed by atoms with E-state index in [-0.39, 0.29) is 12.6 Å². The van der Waals surface area contributed by atoms with Crippen molar-refractivity contribution in [3.63, 3.8) is 0 Å². The number of urea groups is 1. The lowest BCUT2D eigenvalue weighted by Gasteiger charge is -2.42. The van der Waals surface area contributed by atoms with Gasteiger partial charge in [-0.3, -0.25) is 5.32 Å². The molecule has 188 valence electrons. The van der Waals surface area contributed by atoms with Crippen molar-refractivity contribution in [3.05, 3.63) is 64.3 Å². The summed E-state index contributed by atoms with van der Waals surface area (Å²) in [6, 6.07) is 13.7. The van der Waals surface area contributed by atoms with E-state index in [1.165, 1.54) is 29.9 Å². The van der Waals surface area contributed by atoms with E-state index in [4.69, 9.17) is 13.0 Å². The minimum atomic E-state index is -0.421. The van der Waals surface area contributed by atoms with Crippen LogP contribution in [0.4, 0.5) is 27.7 Å². The molecule has 37 heavy (non-hydrogen) atoms. The lowest BCUT2D eigenvalue weighted by Crippen LogP contribution is -2.57. The second kappa shape index (κ2) is 10.9. The highest BCUT2D eigenvalue weighted by molar-refractivity contribution is 7.10. The quantitative estimate of drug-likeness (QED) is 0.384. The largest absolute Gasteiger partial charge is 0.394 e. The van der Waals surface area contributed by atoms with Crippen LogP contribution in [0.15, 0.2) is 47.8 Å². The molecule has 0 bridgehead atoms. The van der Waals surface area contributed by atoms with E-state index in [1.54, 1.807) is 10.3 Å². The summed E-state index contributed by atoms with van der Waals surface area (Å²) in [4.78, 5) is 27.0. The van der Waals surface area contributed by atoms with Gasteiger partial charge in [-0.1, -0.05) is 18.2 Å². The van der Waals surface area contributed by atoms with Crippen LogP contribution in [0.25, 0.3) is 16.0 Å². The fourth-order valence-corrected chi connectivity index (χ4v) is 5.55. The van der Waals surface area contributed by atoms with E-state index >= 15 is 0 Å². The number of nitrogens with one attached hydrogen (secondary N) is 1. The smallest absolute Gasteiger partial charge is 0.323 e. The Labute approximate surface area is 221 Å². The number of amides is 2. The van der Waals surface area contributed by atoms with Crippen LogP contribution in [0.2, 0.25) is 0 Å². The van der Waals surface area contributed by atoms with Crippen molar-refractivity contribution in [2.45, 2.75) is 18.9 Å². The van der Waals surface area contributed by atoms with Crippen molar-refractivity contribution in [2.24, 2.45) is 0 Å². The van der Waals surface area contributed by atoms with Gasteiger partial charge in [-0.05, 0) is 54.2 Å². The normalized spacial score (nSPS) is 17.4. The van der Waals surface area contributed by atoms with Gasteiger partial charge in [-0.15, -0.1) is 17.8 Å². The van der Waals surface area contributed by atoms with E-state index in [9.17, 15) is 9.90 Å². The van der Waals surface area contributed by atoms with Gasteiger partial charge in [0.2, 0.25) is 5.69 Å². The summed E-state index contributed by atoms with van der Waals surface area (Å²) < 4.78 is 0. The Morgan fingerprint density at radius 1 is 1.16 bits per heavy atom. The molecule has 0 unspecified atom stereocenters. The zero-order valence-corrected chi connectivity index (χ0v) is 21.2. The van der Waals surface area contributed by atoms with Crippen molar-refractivity contribution >= 4 is 40.2 Å². The lowest BCUT2D eigenvalue weighted by molar-refractivity contribution is 0.132. The van der Waals surface area contributed by atoms with E-state index in [0.717, 1.165) is 29.9 Å². The van der Waals surface area contributed by atoms with Gasteiger partial charge < -0.3 is 19.8 Å². The molecule has 3 heterocycles. The van der Waals surface area contributed by atoms with Crippen molar-refractivity contribution < 1.29 is 9.90 Å². The Kier molecular flexibility index (Phi) is 7.27. The number of carbonyl (C=O) groups excluding carboxylic acids is 1. The van der Waals surface area contributed by atoms with Gasteiger partial charge in [-0.25, -0.2) is 14.6 Å². The van der Waals surface area contributed by atoms with E-state index in [0.29, 0.717) is 36.1 Å². The second-order valence-corrected chi connectivity index (χ2v) is 10.0. The van der Waals surface area contributed by atoms with Gasteiger partial charge in [0.15, 0.2) is 5.01 Å². The Balaban J connectivity index is 1.31. The van der Waals surface area contributed by atoms with Crippen LogP contribution in [0.3, 0.4) is 0 Å². The fourth-order valence-electron chi connectivity index (χ4n) is 4.99. The SMILES string of the molecule is [C-]#[N+]c1cc(-c2cccc(N3CCCC3)c2)ccc1N1CCN(C(=O)Nc2csc(C#C)n2)[C@@H](CO)C1. The highest BCUT2D eigenvalue weighted by Crippen LogP contribution is 2.36. The number of aliphatic hydroxyl groups is 1. The number of carbonyl (C=O) groups is 1. The molecule has 2 fully saturated rings. The average Bonchev–Trinajstić information content (AvgIpc) is 3.65. The molecule has 0 spiro atoms.